The van der Waals surface area contributed by atoms with Crippen LogP contribution in [0, 0.1) is 0 Å². The van der Waals surface area contributed by atoms with Crippen LogP contribution in [0.1, 0.15) is 25.0 Å². The molecular weight excluding hydrogens is 212 g/mol. The molecule has 0 radical (unpaired) electrons. The highest BCUT2D eigenvalue weighted by Crippen LogP contribution is 2.29. The number of halogens is 1. The number of ether oxygens (including phenoxy) is 1. The van der Waals surface area contributed by atoms with Crippen molar-refractivity contribution in [3.05, 3.63) is 28.3 Å². The first-order valence-corrected chi connectivity index (χ1v) is 5.31. The fraction of sp³-hybridized carbons (Fsp3) is 0.417. The first-order chi connectivity index (χ1) is 7.08. The molecule has 0 atom stereocenters. The molecule has 0 saturated carbocycles. The summed E-state index contributed by atoms with van der Waals surface area (Å²) in [7, 11) is 1.62. The largest absolute Gasteiger partial charge is 0.496 e. The fourth-order valence-electron chi connectivity index (χ4n) is 1.64. The number of rotatable bonds is 4. The van der Waals surface area contributed by atoms with Gasteiger partial charge in [0, 0.05) is 17.0 Å². The van der Waals surface area contributed by atoms with E-state index in [1.165, 1.54) is 0 Å². The van der Waals surface area contributed by atoms with E-state index in [-0.39, 0.29) is 5.78 Å². The molecular formula is C12H15ClO2. The molecule has 2 nitrogen and oxygen atoms in total. The molecule has 1 rings (SSSR count). The predicted molar refractivity (Wildman–Crippen MR) is 61.8 cm³/mol. The van der Waals surface area contributed by atoms with Gasteiger partial charge in [-0.2, -0.15) is 0 Å². The van der Waals surface area contributed by atoms with Crippen molar-refractivity contribution in [1.29, 1.82) is 0 Å². The number of hydrogen-bond acceptors (Lipinski definition) is 2. The van der Waals surface area contributed by atoms with Crippen LogP contribution in [0.25, 0.3) is 0 Å². The lowest BCUT2D eigenvalue weighted by atomic mass is 10.0. The van der Waals surface area contributed by atoms with Gasteiger partial charge in [0.15, 0.2) is 0 Å². The van der Waals surface area contributed by atoms with Crippen LogP contribution in [0.15, 0.2) is 12.1 Å². The van der Waals surface area contributed by atoms with Crippen molar-refractivity contribution in [2.45, 2.75) is 26.7 Å². The van der Waals surface area contributed by atoms with Gasteiger partial charge in [0.2, 0.25) is 0 Å². The summed E-state index contributed by atoms with van der Waals surface area (Å²) in [5.41, 5.74) is 1.91. The van der Waals surface area contributed by atoms with Crippen molar-refractivity contribution in [2.24, 2.45) is 0 Å². The number of methoxy groups -OCH3 is 1. The molecule has 0 heterocycles. The van der Waals surface area contributed by atoms with Crippen molar-refractivity contribution >= 4 is 17.4 Å². The van der Waals surface area contributed by atoms with Gasteiger partial charge in [0.25, 0.3) is 0 Å². The summed E-state index contributed by atoms with van der Waals surface area (Å²) < 4.78 is 5.31. The maximum atomic E-state index is 11.1. The fourth-order valence-corrected chi connectivity index (χ4v) is 1.90. The van der Waals surface area contributed by atoms with Crippen LogP contribution in [0.5, 0.6) is 5.75 Å². The van der Waals surface area contributed by atoms with E-state index in [0.717, 1.165) is 23.3 Å². The number of carbonyl (C=O) groups excluding carboxylic acids is 1. The van der Waals surface area contributed by atoms with Crippen LogP contribution in [0.4, 0.5) is 0 Å². The molecule has 0 fully saturated rings. The van der Waals surface area contributed by atoms with Gasteiger partial charge in [-0.15, -0.1) is 0 Å². The first-order valence-electron chi connectivity index (χ1n) is 4.93. The zero-order valence-corrected chi connectivity index (χ0v) is 10.0. The second-order valence-electron chi connectivity index (χ2n) is 3.49. The van der Waals surface area contributed by atoms with Crippen LogP contribution >= 0.6 is 11.6 Å². The second kappa shape index (κ2) is 5.17. The van der Waals surface area contributed by atoms with E-state index < -0.39 is 0 Å². The van der Waals surface area contributed by atoms with Crippen LogP contribution < -0.4 is 4.74 Å². The quantitative estimate of drug-likeness (QED) is 0.789. The summed E-state index contributed by atoms with van der Waals surface area (Å²) in [6, 6.07) is 3.67. The average molecular weight is 227 g/mol. The maximum absolute atomic E-state index is 11.1. The Balaban J connectivity index is 3.22. The average Bonchev–Trinajstić information content (AvgIpc) is 2.15. The third kappa shape index (κ3) is 2.96. The lowest BCUT2D eigenvalue weighted by Crippen LogP contribution is -2.02. The smallest absolute Gasteiger partial charge is 0.134 e. The standard InChI is InChI=1S/C12H15ClO2/c1-4-9-6-11(13)7-10(5-8(2)14)12(9)15-3/h6-7H,4-5H2,1-3H3. The molecule has 0 amide bonds. The minimum atomic E-state index is 0.109. The summed E-state index contributed by atoms with van der Waals surface area (Å²) in [5, 5.41) is 0.656. The summed E-state index contributed by atoms with van der Waals surface area (Å²) in [6.07, 6.45) is 1.21. The molecule has 1 aromatic carbocycles. The summed E-state index contributed by atoms with van der Waals surface area (Å²) >= 11 is 5.97. The van der Waals surface area contributed by atoms with Gasteiger partial charge in [-0.05, 0) is 31.0 Å². The molecule has 82 valence electrons. The van der Waals surface area contributed by atoms with Gasteiger partial charge in [-0.25, -0.2) is 0 Å². The van der Waals surface area contributed by atoms with Crippen molar-refractivity contribution in [3.8, 4) is 5.75 Å². The van der Waals surface area contributed by atoms with Crippen LogP contribution in [-0.4, -0.2) is 12.9 Å². The zero-order chi connectivity index (χ0) is 11.4. The molecule has 0 aliphatic heterocycles. The van der Waals surface area contributed by atoms with E-state index in [4.69, 9.17) is 16.3 Å². The topological polar surface area (TPSA) is 26.3 Å². The van der Waals surface area contributed by atoms with Crippen molar-refractivity contribution in [2.75, 3.05) is 7.11 Å². The van der Waals surface area contributed by atoms with Gasteiger partial charge < -0.3 is 4.74 Å². The highest BCUT2D eigenvalue weighted by molar-refractivity contribution is 6.30. The first kappa shape index (κ1) is 12.1. The summed E-state index contributed by atoms with van der Waals surface area (Å²) in [6.45, 7) is 3.59. The molecule has 0 aliphatic rings. The maximum Gasteiger partial charge on any atom is 0.134 e. The van der Waals surface area contributed by atoms with E-state index in [1.54, 1.807) is 20.1 Å². The summed E-state index contributed by atoms with van der Waals surface area (Å²) in [4.78, 5) is 11.1. The van der Waals surface area contributed by atoms with Gasteiger partial charge >= 0.3 is 0 Å². The van der Waals surface area contributed by atoms with E-state index in [0.29, 0.717) is 11.4 Å². The van der Waals surface area contributed by atoms with Crippen molar-refractivity contribution in [3.63, 3.8) is 0 Å². The van der Waals surface area contributed by atoms with E-state index in [1.807, 2.05) is 13.0 Å². The Morgan fingerprint density at radius 3 is 2.47 bits per heavy atom. The number of Topliss-reactive ketones (excluding diaryl/α,β-unsaturated/α-hetero) is 1. The van der Waals surface area contributed by atoms with Crippen molar-refractivity contribution < 1.29 is 9.53 Å². The molecule has 0 aliphatic carbocycles. The molecule has 3 heteroatoms. The molecule has 0 saturated heterocycles. The predicted octanol–water partition coefficient (Wildman–Crippen LogP) is 3.04. The Hall–Kier alpha value is -1.02. The van der Waals surface area contributed by atoms with Gasteiger partial charge in [0.05, 0.1) is 7.11 Å². The van der Waals surface area contributed by atoms with Gasteiger partial charge in [-0.1, -0.05) is 18.5 Å². The third-order valence-corrected chi connectivity index (χ3v) is 2.45. The van der Waals surface area contributed by atoms with Gasteiger partial charge in [-0.3, -0.25) is 4.79 Å². The minimum absolute atomic E-state index is 0.109. The Morgan fingerprint density at radius 2 is 2.00 bits per heavy atom. The molecule has 15 heavy (non-hydrogen) atoms. The second-order valence-corrected chi connectivity index (χ2v) is 3.93. The van der Waals surface area contributed by atoms with Crippen LogP contribution in [0.2, 0.25) is 5.02 Å². The number of hydrogen-bond donors (Lipinski definition) is 0. The normalized spacial score (nSPS) is 10.1. The number of carbonyl (C=O) groups is 1. The minimum Gasteiger partial charge on any atom is -0.496 e. The highest BCUT2D eigenvalue weighted by Gasteiger charge is 2.11. The lowest BCUT2D eigenvalue weighted by molar-refractivity contribution is -0.116. The third-order valence-electron chi connectivity index (χ3n) is 2.23. The molecule has 0 aromatic heterocycles. The zero-order valence-electron chi connectivity index (χ0n) is 9.26. The van der Waals surface area contributed by atoms with Crippen LogP contribution in [0.3, 0.4) is 0 Å². The SMILES string of the molecule is CCc1cc(Cl)cc(CC(C)=O)c1OC. The van der Waals surface area contributed by atoms with E-state index in [2.05, 4.69) is 0 Å². The highest BCUT2D eigenvalue weighted by atomic mass is 35.5. The van der Waals surface area contributed by atoms with E-state index >= 15 is 0 Å². The Labute approximate surface area is 95.2 Å². The Morgan fingerprint density at radius 1 is 1.40 bits per heavy atom. The number of ketones is 1. The Bertz CT molecular complexity index is 372. The van der Waals surface area contributed by atoms with E-state index in [9.17, 15) is 4.79 Å². The monoisotopic (exact) mass is 226 g/mol. The van der Waals surface area contributed by atoms with Gasteiger partial charge in [0.1, 0.15) is 11.5 Å². The summed E-state index contributed by atoms with van der Waals surface area (Å²) in [5.74, 6) is 0.898. The lowest BCUT2D eigenvalue weighted by Gasteiger charge is -2.12. The molecule has 1 aromatic rings. The Kier molecular flexibility index (Phi) is 4.15. The number of benzene rings is 1. The molecule has 0 unspecified atom stereocenters. The van der Waals surface area contributed by atoms with Crippen molar-refractivity contribution in [1.82, 2.24) is 0 Å². The molecule has 0 spiro atoms. The van der Waals surface area contributed by atoms with Crippen LogP contribution in [-0.2, 0) is 17.6 Å². The number of aryl methyl sites for hydroxylation is 1. The molecule has 0 bridgehead atoms. The molecule has 0 N–H and O–H groups in total.